The minimum Gasteiger partial charge on any atom is -0.520 e. The Bertz CT molecular complexity index is 911. The van der Waals surface area contributed by atoms with Crippen LogP contribution in [0.25, 0.3) is 0 Å². The molecule has 0 atom stereocenters. The van der Waals surface area contributed by atoms with Crippen LogP contribution in [-0.4, -0.2) is 22.1 Å². The Labute approximate surface area is 158 Å². The van der Waals surface area contributed by atoms with Gasteiger partial charge in [-0.1, -0.05) is 49.0 Å². The van der Waals surface area contributed by atoms with Gasteiger partial charge in [0, 0.05) is 17.0 Å². The van der Waals surface area contributed by atoms with Gasteiger partial charge in [0.15, 0.2) is 0 Å². The van der Waals surface area contributed by atoms with Crippen LogP contribution in [0.4, 0.5) is 0 Å². The highest BCUT2D eigenvalue weighted by Gasteiger charge is 2.34. The third kappa shape index (κ3) is 4.30. The summed E-state index contributed by atoms with van der Waals surface area (Å²) in [7, 11) is -4.08. The van der Waals surface area contributed by atoms with Crippen molar-refractivity contribution < 1.29 is 17.7 Å². The van der Waals surface area contributed by atoms with Gasteiger partial charge in [-0.15, -0.1) is 0 Å². The van der Waals surface area contributed by atoms with Crippen LogP contribution in [-0.2, 0) is 25.8 Å². The third-order valence-electron chi connectivity index (χ3n) is 3.89. The summed E-state index contributed by atoms with van der Waals surface area (Å²) < 4.78 is 38.0. The van der Waals surface area contributed by atoms with Crippen molar-refractivity contribution in [1.82, 2.24) is 4.72 Å². The highest BCUT2D eigenvalue weighted by molar-refractivity contribution is 7.89. The van der Waals surface area contributed by atoms with Gasteiger partial charge in [0.1, 0.15) is 11.5 Å². The van der Waals surface area contributed by atoms with E-state index in [2.05, 4.69) is 17.9 Å². The second-order valence-corrected chi connectivity index (χ2v) is 7.96. The van der Waals surface area contributed by atoms with Crippen molar-refractivity contribution >= 4 is 34.2 Å². The molecule has 0 aromatic heterocycles. The zero-order valence-corrected chi connectivity index (χ0v) is 15.5. The maximum absolute atomic E-state index is 12.2. The molecule has 0 unspecified atom stereocenters. The molecule has 1 saturated heterocycles. The molecule has 0 amide bonds. The minimum atomic E-state index is -3.55. The van der Waals surface area contributed by atoms with E-state index < -0.39 is 17.1 Å². The van der Waals surface area contributed by atoms with Crippen molar-refractivity contribution in [1.29, 1.82) is 0 Å². The predicted octanol–water partition coefficient (Wildman–Crippen LogP) is 2.63. The van der Waals surface area contributed by atoms with Crippen LogP contribution in [0.2, 0.25) is 5.02 Å². The molecule has 8 heteroatoms. The maximum atomic E-state index is 12.2. The first-order valence-corrected chi connectivity index (χ1v) is 9.77. The Morgan fingerprint density at radius 3 is 2.12 bits per heavy atom. The Balaban J connectivity index is 1.56. The van der Waals surface area contributed by atoms with E-state index in [1.54, 1.807) is 12.1 Å². The number of benzene rings is 2. The zero-order valence-electron chi connectivity index (χ0n) is 13.9. The lowest BCUT2D eigenvalue weighted by Gasteiger charge is -2.08. The Morgan fingerprint density at radius 1 is 0.962 bits per heavy atom. The number of sulfonamides is 1. The molecule has 26 heavy (non-hydrogen) atoms. The van der Waals surface area contributed by atoms with E-state index in [9.17, 15) is 8.42 Å². The summed E-state index contributed by atoms with van der Waals surface area (Å²) in [5.74, 6) is 0.853. The largest absolute Gasteiger partial charge is 0.632 e. The summed E-state index contributed by atoms with van der Waals surface area (Å²) in [5, 5.41) is 0.492. The molecule has 0 aliphatic carbocycles. The Kier molecular flexibility index (Phi) is 5.41. The van der Waals surface area contributed by atoms with Crippen molar-refractivity contribution in [3.8, 4) is 0 Å². The van der Waals surface area contributed by atoms with E-state index in [4.69, 9.17) is 20.9 Å². The highest BCUT2D eigenvalue weighted by Crippen LogP contribution is 2.20. The second-order valence-electron chi connectivity index (χ2n) is 5.76. The van der Waals surface area contributed by atoms with Crippen LogP contribution < -0.4 is 10.2 Å². The normalized spacial score (nSPS) is 14.3. The fourth-order valence-electron chi connectivity index (χ4n) is 2.42. The molecule has 0 saturated carbocycles. The summed E-state index contributed by atoms with van der Waals surface area (Å²) >= 11 is 5.78. The molecule has 2 aromatic carbocycles. The van der Waals surface area contributed by atoms with Gasteiger partial charge in [-0.3, -0.25) is 0 Å². The molecule has 0 radical (unpaired) electrons. The number of hydrogen-bond acceptors (Lipinski definition) is 4. The molecule has 5 nitrogen and oxygen atoms in total. The monoisotopic (exact) mass is 389 g/mol. The van der Waals surface area contributed by atoms with Gasteiger partial charge >= 0.3 is 7.12 Å². The van der Waals surface area contributed by atoms with Crippen LogP contribution in [0.15, 0.2) is 78.1 Å². The predicted molar refractivity (Wildman–Crippen MR) is 103 cm³/mol. The number of rotatable bonds is 6. The van der Waals surface area contributed by atoms with E-state index in [0.29, 0.717) is 23.0 Å². The van der Waals surface area contributed by atoms with Gasteiger partial charge in [-0.25, -0.2) is 13.1 Å². The first kappa shape index (κ1) is 18.6. The van der Waals surface area contributed by atoms with Gasteiger partial charge in [-0.05, 0) is 36.2 Å². The van der Waals surface area contributed by atoms with Gasteiger partial charge in [-0.2, -0.15) is 0 Å². The molecule has 1 heterocycles. The van der Waals surface area contributed by atoms with E-state index in [1.807, 2.05) is 24.3 Å². The zero-order chi connectivity index (χ0) is 18.7. The van der Waals surface area contributed by atoms with Gasteiger partial charge in [0.05, 0.1) is 4.90 Å². The molecule has 0 spiro atoms. The lowest BCUT2D eigenvalue weighted by atomic mass is 9.79. The molecular weight excluding hydrogens is 373 g/mol. The average Bonchev–Trinajstić information content (AvgIpc) is 2.95. The highest BCUT2D eigenvalue weighted by atomic mass is 35.5. The maximum Gasteiger partial charge on any atom is 0.632 e. The van der Waals surface area contributed by atoms with E-state index in [1.165, 1.54) is 12.1 Å². The van der Waals surface area contributed by atoms with E-state index >= 15 is 0 Å². The second kappa shape index (κ2) is 7.57. The molecule has 0 bridgehead atoms. The molecule has 1 aliphatic rings. The summed E-state index contributed by atoms with van der Waals surface area (Å²) in [6.07, 6.45) is 0.554. The van der Waals surface area contributed by atoms with E-state index in [0.717, 1.165) is 11.0 Å². The molecule has 3 rings (SSSR count). The molecular formula is C18H17BClNO4S. The number of hydrogen-bond donors (Lipinski definition) is 1. The van der Waals surface area contributed by atoms with Crippen LogP contribution in [0.3, 0.4) is 0 Å². The Hall–Kier alpha value is -2.22. The van der Waals surface area contributed by atoms with Gasteiger partial charge in [0.2, 0.25) is 10.0 Å². The standard InChI is InChI=1S/C18H17BClNO4S/c1-13-14(2)25-19(24-13)16-5-3-15(4-6-16)11-12-21-26(22,23)18-9-7-17(20)8-10-18/h3-10,21H,1-2,11-12H2. The van der Waals surface area contributed by atoms with Gasteiger partial charge < -0.3 is 9.31 Å². The van der Waals surface area contributed by atoms with Crippen LogP contribution >= 0.6 is 11.6 Å². The number of nitrogens with one attached hydrogen (secondary N) is 1. The van der Waals surface area contributed by atoms with Crippen molar-refractivity contribution in [3.05, 3.63) is 83.8 Å². The molecule has 1 aliphatic heterocycles. The topological polar surface area (TPSA) is 64.6 Å². The first-order chi connectivity index (χ1) is 12.3. The van der Waals surface area contributed by atoms with Crippen LogP contribution in [0, 0.1) is 0 Å². The number of halogens is 1. The van der Waals surface area contributed by atoms with Gasteiger partial charge in [0.25, 0.3) is 0 Å². The first-order valence-electron chi connectivity index (χ1n) is 7.91. The quantitative estimate of drug-likeness (QED) is 0.771. The molecule has 134 valence electrons. The van der Waals surface area contributed by atoms with Crippen LogP contribution in [0.5, 0.6) is 0 Å². The minimum absolute atomic E-state index is 0.188. The van der Waals surface area contributed by atoms with Crippen molar-refractivity contribution in [2.75, 3.05) is 6.54 Å². The molecule has 1 fully saturated rings. The Morgan fingerprint density at radius 2 is 1.54 bits per heavy atom. The smallest absolute Gasteiger partial charge is 0.520 e. The molecule has 1 N–H and O–H groups in total. The average molecular weight is 390 g/mol. The molecule has 2 aromatic rings. The summed E-state index contributed by atoms with van der Waals surface area (Å²) in [6, 6.07) is 13.6. The SMILES string of the molecule is C=C1OB(c2ccc(CCNS(=O)(=O)c3ccc(Cl)cc3)cc2)OC1=C. The fourth-order valence-corrected chi connectivity index (χ4v) is 3.58. The summed E-state index contributed by atoms with van der Waals surface area (Å²) in [6.45, 7) is 7.69. The third-order valence-corrected chi connectivity index (χ3v) is 5.62. The summed E-state index contributed by atoms with van der Waals surface area (Å²) in [4.78, 5) is 0.188. The van der Waals surface area contributed by atoms with Crippen LogP contribution in [0.1, 0.15) is 5.56 Å². The van der Waals surface area contributed by atoms with Crippen molar-refractivity contribution in [3.63, 3.8) is 0 Å². The van der Waals surface area contributed by atoms with E-state index in [-0.39, 0.29) is 11.4 Å². The lowest BCUT2D eigenvalue weighted by molar-refractivity contribution is 0.431. The summed E-state index contributed by atoms with van der Waals surface area (Å²) in [5.41, 5.74) is 1.83. The van der Waals surface area contributed by atoms with Crippen molar-refractivity contribution in [2.45, 2.75) is 11.3 Å². The lowest BCUT2D eigenvalue weighted by Crippen LogP contribution is -2.31. The van der Waals surface area contributed by atoms with Crippen molar-refractivity contribution in [2.24, 2.45) is 0 Å². The fraction of sp³-hybridized carbons (Fsp3) is 0.111.